The van der Waals surface area contributed by atoms with E-state index in [0.29, 0.717) is 12.7 Å². The van der Waals surface area contributed by atoms with Crippen LogP contribution in [0.4, 0.5) is 0 Å². The number of carbonyl (C=O) groups is 1. The molecule has 1 unspecified atom stereocenters. The van der Waals surface area contributed by atoms with Crippen molar-refractivity contribution in [3.05, 3.63) is 0 Å². The number of unbranched alkanes of at least 4 members (excludes halogenated alkanes) is 2. The third-order valence-corrected chi connectivity index (χ3v) is 1.94. The maximum Gasteiger partial charge on any atom is 0.148 e. The second kappa shape index (κ2) is 7.29. The quantitative estimate of drug-likeness (QED) is 0.472. The predicted octanol–water partition coefficient (Wildman–Crippen LogP) is 2.15. The molecule has 12 heavy (non-hydrogen) atoms. The Balaban J connectivity index is 3.05. The van der Waals surface area contributed by atoms with Gasteiger partial charge < -0.3 is 9.90 Å². The average molecular weight is 172 g/mol. The molecule has 0 bridgehead atoms. The molecule has 0 aliphatic rings. The molecule has 0 aliphatic heterocycles. The van der Waals surface area contributed by atoms with E-state index in [1.807, 2.05) is 0 Å². The minimum Gasteiger partial charge on any atom is -0.386 e. The zero-order chi connectivity index (χ0) is 9.40. The number of aldehydes is 1. The molecule has 0 aliphatic carbocycles. The predicted molar refractivity (Wildman–Crippen MR) is 50.0 cm³/mol. The zero-order valence-corrected chi connectivity index (χ0v) is 8.12. The second-order valence-electron chi connectivity index (χ2n) is 3.74. The van der Waals surface area contributed by atoms with Crippen molar-refractivity contribution in [3.63, 3.8) is 0 Å². The van der Waals surface area contributed by atoms with Crippen molar-refractivity contribution in [2.24, 2.45) is 5.92 Å². The summed E-state index contributed by atoms with van der Waals surface area (Å²) in [6, 6.07) is 0. The van der Waals surface area contributed by atoms with E-state index in [4.69, 9.17) is 5.11 Å². The van der Waals surface area contributed by atoms with E-state index < -0.39 is 6.10 Å². The van der Waals surface area contributed by atoms with Crippen molar-refractivity contribution in [2.45, 2.75) is 52.1 Å². The Kier molecular flexibility index (Phi) is 7.06. The van der Waals surface area contributed by atoms with E-state index in [1.54, 1.807) is 0 Å². The Morgan fingerprint density at radius 3 is 2.25 bits per heavy atom. The maximum absolute atomic E-state index is 10.0. The molecule has 0 saturated carbocycles. The van der Waals surface area contributed by atoms with Gasteiger partial charge in [0.1, 0.15) is 12.4 Å². The van der Waals surface area contributed by atoms with E-state index in [1.165, 1.54) is 12.8 Å². The maximum atomic E-state index is 10.0. The summed E-state index contributed by atoms with van der Waals surface area (Å²) in [5.41, 5.74) is 0. The molecule has 1 N–H and O–H groups in total. The van der Waals surface area contributed by atoms with Crippen LogP contribution >= 0.6 is 0 Å². The van der Waals surface area contributed by atoms with Crippen LogP contribution in [-0.2, 0) is 4.79 Å². The van der Waals surface area contributed by atoms with Gasteiger partial charge in [0.15, 0.2) is 0 Å². The molecule has 0 amide bonds. The summed E-state index contributed by atoms with van der Waals surface area (Å²) in [7, 11) is 0. The first-order chi connectivity index (χ1) is 5.66. The van der Waals surface area contributed by atoms with Crippen LogP contribution in [0.2, 0.25) is 0 Å². The van der Waals surface area contributed by atoms with Gasteiger partial charge in [-0.1, -0.05) is 39.5 Å². The lowest BCUT2D eigenvalue weighted by molar-refractivity contribution is -0.115. The SMILES string of the molecule is CC(C)CCCCCC(O)C=O. The molecule has 1 atom stereocenters. The van der Waals surface area contributed by atoms with Gasteiger partial charge >= 0.3 is 0 Å². The first kappa shape index (κ1) is 11.6. The normalized spacial score (nSPS) is 13.3. The van der Waals surface area contributed by atoms with Gasteiger partial charge in [0.05, 0.1) is 0 Å². The monoisotopic (exact) mass is 172 g/mol. The summed E-state index contributed by atoms with van der Waals surface area (Å²) in [6.45, 7) is 4.42. The van der Waals surface area contributed by atoms with Crippen molar-refractivity contribution in [1.82, 2.24) is 0 Å². The summed E-state index contributed by atoms with van der Waals surface area (Å²) >= 11 is 0. The fourth-order valence-corrected chi connectivity index (χ4v) is 1.15. The third-order valence-electron chi connectivity index (χ3n) is 1.94. The highest BCUT2D eigenvalue weighted by Crippen LogP contribution is 2.09. The lowest BCUT2D eigenvalue weighted by Gasteiger charge is -2.04. The second-order valence-corrected chi connectivity index (χ2v) is 3.74. The van der Waals surface area contributed by atoms with Gasteiger partial charge in [-0.2, -0.15) is 0 Å². The summed E-state index contributed by atoms with van der Waals surface area (Å²) in [5.74, 6) is 0.765. The highest BCUT2D eigenvalue weighted by molar-refractivity contribution is 5.55. The Morgan fingerprint density at radius 1 is 1.17 bits per heavy atom. The summed E-state index contributed by atoms with van der Waals surface area (Å²) in [4.78, 5) is 10.0. The van der Waals surface area contributed by atoms with Crippen molar-refractivity contribution in [1.29, 1.82) is 0 Å². The highest BCUT2D eigenvalue weighted by atomic mass is 16.3. The molecule has 0 saturated heterocycles. The van der Waals surface area contributed by atoms with Crippen LogP contribution in [0.3, 0.4) is 0 Å². The number of hydrogen-bond acceptors (Lipinski definition) is 2. The van der Waals surface area contributed by atoms with Crippen LogP contribution in [0.1, 0.15) is 46.0 Å². The van der Waals surface area contributed by atoms with Gasteiger partial charge in [-0.25, -0.2) is 0 Å². The van der Waals surface area contributed by atoms with Crippen molar-refractivity contribution < 1.29 is 9.90 Å². The third kappa shape index (κ3) is 7.73. The Bertz CT molecular complexity index is 110. The largest absolute Gasteiger partial charge is 0.386 e. The fourth-order valence-electron chi connectivity index (χ4n) is 1.15. The molecule has 0 spiro atoms. The van der Waals surface area contributed by atoms with Crippen LogP contribution < -0.4 is 0 Å². The lowest BCUT2D eigenvalue weighted by Crippen LogP contribution is -2.06. The minimum atomic E-state index is -0.732. The molecule has 2 heteroatoms. The fraction of sp³-hybridized carbons (Fsp3) is 0.900. The molecular weight excluding hydrogens is 152 g/mol. The van der Waals surface area contributed by atoms with Gasteiger partial charge in [-0.05, 0) is 12.3 Å². The number of hydrogen-bond donors (Lipinski definition) is 1. The molecule has 0 rings (SSSR count). The molecule has 72 valence electrons. The van der Waals surface area contributed by atoms with E-state index in [-0.39, 0.29) is 0 Å². The van der Waals surface area contributed by atoms with Crippen molar-refractivity contribution in [2.75, 3.05) is 0 Å². The molecule has 0 aromatic carbocycles. The van der Waals surface area contributed by atoms with Gasteiger partial charge in [-0.15, -0.1) is 0 Å². The van der Waals surface area contributed by atoms with E-state index >= 15 is 0 Å². The topological polar surface area (TPSA) is 37.3 Å². The molecule has 2 nitrogen and oxygen atoms in total. The molecule has 0 radical (unpaired) electrons. The van der Waals surface area contributed by atoms with Gasteiger partial charge in [-0.3, -0.25) is 0 Å². The summed E-state index contributed by atoms with van der Waals surface area (Å²) < 4.78 is 0. The van der Waals surface area contributed by atoms with Crippen LogP contribution in [0.25, 0.3) is 0 Å². The van der Waals surface area contributed by atoms with E-state index in [2.05, 4.69) is 13.8 Å². The number of aliphatic hydroxyl groups is 1. The smallest absolute Gasteiger partial charge is 0.148 e. The number of carbonyl (C=O) groups excluding carboxylic acids is 1. The minimum absolute atomic E-state index is 0.614. The molecule has 0 aromatic heterocycles. The summed E-state index contributed by atoms with van der Waals surface area (Å²) in [6.07, 6.45) is 5.06. The molecule has 0 aromatic rings. The van der Waals surface area contributed by atoms with E-state index in [9.17, 15) is 4.79 Å². The Labute approximate surface area is 75.0 Å². The van der Waals surface area contributed by atoms with Crippen LogP contribution in [0.5, 0.6) is 0 Å². The molecule has 0 fully saturated rings. The van der Waals surface area contributed by atoms with Gasteiger partial charge in [0.25, 0.3) is 0 Å². The van der Waals surface area contributed by atoms with Gasteiger partial charge in [0, 0.05) is 0 Å². The summed E-state index contributed by atoms with van der Waals surface area (Å²) in [5, 5.41) is 8.90. The van der Waals surface area contributed by atoms with E-state index in [0.717, 1.165) is 18.8 Å². The number of aliphatic hydroxyl groups excluding tert-OH is 1. The highest BCUT2D eigenvalue weighted by Gasteiger charge is 2.00. The zero-order valence-electron chi connectivity index (χ0n) is 8.12. The Hall–Kier alpha value is -0.370. The average Bonchev–Trinajstić information content (AvgIpc) is 2.03. The first-order valence-corrected chi connectivity index (χ1v) is 4.80. The lowest BCUT2D eigenvalue weighted by atomic mass is 10.0. The van der Waals surface area contributed by atoms with Crippen LogP contribution in [-0.4, -0.2) is 17.5 Å². The standard InChI is InChI=1S/C10H20O2/c1-9(2)6-4-3-5-7-10(12)8-11/h8-10,12H,3-7H2,1-2H3. The Morgan fingerprint density at radius 2 is 1.75 bits per heavy atom. The molecule has 0 heterocycles. The molecular formula is C10H20O2. The van der Waals surface area contributed by atoms with Crippen molar-refractivity contribution in [3.8, 4) is 0 Å². The van der Waals surface area contributed by atoms with Crippen LogP contribution in [0, 0.1) is 5.92 Å². The van der Waals surface area contributed by atoms with Crippen molar-refractivity contribution >= 4 is 6.29 Å². The van der Waals surface area contributed by atoms with Crippen LogP contribution in [0.15, 0.2) is 0 Å². The first-order valence-electron chi connectivity index (χ1n) is 4.80. The number of rotatable bonds is 7. The van der Waals surface area contributed by atoms with Gasteiger partial charge in [0.2, 0.25) is 0 Å².